The van der Waals surface area contributed by atoms with Gasteiger partial charge >= 0.3 is 0 Å². The molecule has 57 heavy (non-hydrogen) atoms. The van der Waals surface area contributed by atoms with Crippen LogP contribution in [0.3, 0.4) is 0 Å². The molecule has 2 saturated carbocycles. The molecule has 2 aromatic carbocycles. The van der Waals surface area contributed by atoms with Gasteiger partial charge in [0.25, 0.3) is 17.7 Å². The van der Waals surface area contributed by atoms with E-state index in [-0.39, 0.29) is 47.7 Å². The van der Waals surface area contributed by atoms with Crippen LogP contribution in [0.25, 0.3) is 0 Å². The monoisotopic (exact) mass is 807 g/mol. The lowest BCUT2D eigenvalue weighted by atomic mass is 9.91. The maximum atomic E-state index is 14.5. The van der Waals surface area contributed by atoms with Crippen molar-refractivity contribution in [1.82, 2.24) is 35.0 Å². The van der Waals surface area contributed by atoms with Gasteiger partial charge in [-0.15, -0.1) is 0 Å². The van der Waals surface area contributed by atoms with Crippen molar-refractivity contribution in [3.05, 3.63) is 105 Å². The van der Waals surface area contributed by atoms with Gasteiger partial charge in [0.2, 0.25) is 17.8 Å². The van der Waals surface area contributed by atoms with Crippen LogP contribution in [0.15, 0.2) is 67.0 Å². The Morgan fingerprint density at radius 1 is 0.965 bits per heavy atom. The van der Waals surface area contributed by atoms with Crippen molar-refractivity contribution in [3.8, 4) is 6.07 Å². The lowest BCUT2D eigenvalue weighted by molar-refractivity contribution is -0.129. The van der Waals surface area contributed by atoms with E-state index in [0.717, 1.165) is 5.56 Å². The minimum Gasteiger partial charge on any atom is -0.343 e. The number of pyridine rings is 1. The van der Waals surface area contributed by atoms with Crippen LogP contribution >= 0.6 is 23.2 Å². The Morgan fingerprint density at radius 3 is 2.26 bits per heavy atom. The molecule has 2 aromatic heterocycles. The van der Waals surface area contributed by atoms with Gasteiger partial charge in [-0.2, -0.15) is 5.26 Å². The first-order valence-corrected chi connectivity index (χ1v) is 19.4. The Bertz CT molecular complexity index is 2360. The number of carbonyl (C=O) groups is 5. The summed E-state index contributed by atoms with van der Waals surface area (Å²) in [5, 5.41) is 16.1. The highest BCUT2D eigenvalue weighted by Gasteiger charge is 2.57. The maximum Gasteiger partial charge on any atom is 0.270 e. The number of nitrogens with one attached hydrogen (secondary N) is 2. The lowest BCUT2D eigenvalue weighted by Gasteiger charge is -2.27. The molecule has 14 nitrogen and oxygen atoms in total. The van der Waals surface area contributed by atoms with Crippen LogP contribution in [0, 0.1) is 11.3 Å². The topological polar surface area (TPSA) is 174 Å². The van der Waals surface area contributed by atoms with E-state index in [4.69, 9.17) is 23.2 Å². The van der Waals surface area contributed by atoms with Crippen LogP contribution in [-0.4, -0.2) is 85.6 Å². The summed E-state index contributed by atoms with van der Waals surface area (Å²) >= 11 is 12.7. The number of halogens is 2. The standard InChI is InChI=1S/C41H39Cl2N9O5/c1-24(53)49(3)30-10-15-50(23-30)35(55)27-8-9-33(45-21-27)40(11-12-40)48-36(56)41(13-14-41)47-34(54)32-22-46-38-51(31-17-28(42)16-29(43)18-31)37(57)39(2,52(32)38)19-25-4-6-26(20-44)7-5-25/h4-9,16-18,21-22,30H,10-15,19,23H2,1-3H3,(H,47,54)(H,48,56)/t30?,39-/m1/s1. The molecule has 4 aliphatic rings. The molecule has 2 aliphatic heterocycles. The van der Waals surface area contributed by atoms with Gasteiger partial charge in [0.05, 0.1) is 46.4 Å². The molecule has 1 unspecified atom stereocenters. The first kappa shape index (κ1) is 38.1. The molecular weight excluding hydrogens is 769 g/mol. The van der Waals surface area contributed by atoms with Crippen LogP contribution in [0.2, 0.25) is 10.0 Å². The second-order valence-corrected chi connectivity index (χ2v) is 16.5. The van der Waals surface area contributed by atoms with Crippen LogP contribution in [0.4, 0.5) is 11.6 Å². The molecular formula is C41H39Cl2N9O5. The highest BCUT2D eigenvalue weighted by Crippen LogP contribution is 2.48. The van der Waals surface area contributed by atoms with Crippen LogP contribution in [0.1, 0.15) is 83.6 Å². The number of aromatic nitrogens is 3. The SMILES string of the molecule is CC(=O)N(C)C1CCN(C(=O)c2ccc(C3(NC(=O)C4(NC(=O)c5cnc6n5[C@](C)(Cc5ccc(C#N)cc5)C(=O)N6c5cc(Cl)cc(Cl)c5)CC4)CC3)nc2)C1. The number of likely N-dealkylation sites (N-methyl/N-ethyl adjacent to an activating group) is 1. The van der Waals surface area contributed by atoms with Crippen molar-refractivity contribution < 1.29 is 24.0 Å². The highest BCUT2D eigenvalue weighted by atomic mass is 35.5. The molecule has 3 fully saturated rings. The Morgan fingerprint density at radius 2 is 1.67 bits per heavy atom. The number of imidazole rings is 1. The number of hydrogen-bond acceptors (Lipinski definition) is 8. The van der Waals surface area contributed by atoms with Crippen molar-refractivity contribution in [2.75, 3.05) is 25.0 Å². The van der Waals surface area contributed by atoms with Gasteiger partial charge < -0.3 is 20.4 Å². The predicted molar refractivity (Wildman–Crippen MR) is 210 cm³/mol. The second kappa shape index (κ2) is 14.0. The van der Waals surface area contributed by atoms with Crippen LogP contribution in [0.5, 0.6) is 0 Å². The first-order valence-electron chi connectivity index (χ1n) is 18.7. The number of carbonyl (C=O) groups excluding carboxylic acids is 5. The quantitative estimate of drug-likeness (QED) is 0.229. The van der Waals surface area contributed by atoms with Crippen molar-refractivity contribution in [3.63, 3.8) is 0 Å². The van der Waals surface area contributed by atoms with Gasteiger partial charge in [0.1, 0.15) is 16.8 Å². The third kappa shape index (κ3) is 6.78. The molecule has 0 radical (unpaired) electrons. The Labute approximate surface area is 338 Å². The van der Waals surface area contributed by atoms with E-state index in [2.05, 4.69) is 26.7 Å². The van der Waals surface area contributed by atoms with Crippen molar-refractivity contribution >= 4 is 64.4 Å². The Kier molecular flexibility index (Phi) is 9.36. The van der Waals surface area contributed by atoms with Crippen molar-refractivity contribution in [2.45, 2.75) is 75.0 Å². The fourth-order valence-electron chi connectivity index (χ4n) is 7.93. The number of nitriles is 1. The summed E-state index contributed by atoms with van der Waals surface area (Å²) in [5.74, 6) is -1.31. The van der Waals surface area contributed by atoms with Crippen molar-refractivity contribution in [2.24, 2.45) is 0 Å². The third-order valence-electron chi connectivity index (χ3n) is 11.7. The largest absolute Gasteiger partial charge is 0.343 e. The average molecular weight is 809 g/mol. The van der Waals surface area contributed by atoms with E-state index in [1.54, 1.807) is 82.9 Å². The molecule has 16 heteroatoms. The van der Waals surface area contributed by atoms with E-state index in [9.17, 15) is 29.2 Å². The highest BCUT2D eigenvalue weighted by molar-refractivity contribution is 6.35. The number of anilines is 2. The van der Waals surface area contributed by atoms with Gasteiger partial charge in [-0.3, -0.25) is 33.5 Å². The molecule has 4 aromatic rings. The molecule has 2 N–H and O–H groups in total. The number of fused-ring (bicyclic) bond motifs is 1. The van der Waals surface area contributed by atoms with E-state index >= 15 is 0 Å². The van der Waals surface area contributed by atoms with Gasteiger partial charge in [0, 0.05) is 49.7 Å². The zero-order valence-electron chi connectivity index (χ0n) is 31.5. The summed E-state index contributed by atoms with van der Waals surface area (Å²) in [6, 6.07) is 17.1. The number of amides is 5. The molecule has 0 bridgehead atoms. The summed E-state index contributed by atoms with van der Waals surface area (Å²) in [6.07, 6.45) is 5.88. The fourth-order valence-corrected chi connectivity index (χ4v) is 8.45. The van der Waals surface area contributed by atoms with E-state index in [1.807, 2.05) is 0 Å². The Hall–Kier alpha value is -5.78. The fraction of sp³-hybridized carbons (Fsp3) is 0.366. The summed E-state index contributed by atoms with van der Waals surface area (Å²) in [5.41, 5.74) is -0.531. The van der Waals surface area contributed by atoms with E-state index in [0.29, 0.717) is 77.7 Å². The Balaban J connectivity index is 1.00. The van der Waals surface area contributed by atoms with E-state index in [1.165, 1.54) is 24.2 Å². The van der Waals surface area contributed by atoms with E-state index < -0.39 is 22.5 Å². The van der Waals surface area contributed by atoms with Crippen molar-refractivity contribution in [1.29, 1.82) is 5.26 Å². The molecule has 2 aliphatic carbocycles. The molecule has 5 amide bonds. The minimum atomic E-state index is -1.35. The summed E-state index contributed by atoms with van der Waals surface area (Å²) < 4.78 is 1.59. The van der Waals surface area contributed by atoms with Gasteiger partial charge in [-0.25, -0.2) is 9.88 Å². The molecule has 292 valence electrons. The molecule has 0 spiro atoms. The smallest absolute Gasteiger partial charge is 0.270 e. The lowest BCUT2D eigenvalue weighted by Crippen LogP contribution is -2.52. The zero-order valence-corrected chi connectivity index (χ0v) is 33.0. The maximum absolute atomic E-state index is 14.5. The van der Waals surface area contributed by atoms with Crippen LogP contribution < -0.4 is 15.5 Å². The first-order chi connectivity index (χ1) is 27.2. The number of nitrogens with zero attached hydrogens (tertiary/aromatic N) is 7. The molecule has 8 rings (SSSR count). The molecule has 4 heterocycles. The second-order valence-electron chi connectivity index (χ2n) is 15.6. The molecule has 1 saturated heterocycles. The number of likely N-dealkylation sites (tertiary alicyclic amines) is 1. The average Bonchev–Trinajstić information content (AvgIpc) is 4.01. The molecule has 2 atom stereocenters. The van der Waals surface area contributed by atoms with Gasteiger partial charge in [0.15, 0.2) is 0 Å². The normalized spacial score (nSPS) is 21.1. The van der Waals surface area contributed by atoms with Gasteiger partial charge in [-0.1, -0.05) is 35.3 Å². The number of hydrogen-bond donors (Lipinski definition) is 2. The predicted octanol–water partition coefficient (Wildman–Crippen LogP) is 4.85. The summed E-state index contributed by atoms with van der Waals surface area (Å²) in [7, 11) is 1.74. The van der Waals surface area contributed by atoms with Gasteiger partial charge in [-0.05, 0) is 87.1 Å². The zero-order chi connectivity index (χ0) is 40.4. The third-order valence-corrected chi connectivity index (χ3v) is 12.1. The number of rotatable bonds is 10. The minimum absolute atomic E-state index is 0.0297. The van der Waals surface area contributed by atoms with Crippen LogP contribution in [-0.2, 0) is 31.9 Å². The number of benzene rings is 2. The summed E-state index contributed by atoms with van der Waals surface area (Å²) in [6.45, 7) is 4.23. The summed E-state index contributed by atoms with van der Waals surface area (Å²) in [4.78, 5) is 81.7.